The largest absolute Gasteiger partial charge is 0.465 e. The van der Waals surface area contributed by atoms with E-state index in [1.807, 2.05) is 0 Å². The summed E-state index contributed by atoms with van der Waals surface area (Å²) in [5.41, 5.74) is -0.373. The van der Waals surface area contributed by atoms with Crippen molar-refractivity contribution in [3.8, 4) is 0 Å². The molecule has 2 aliphatic rings. The van der Waals surface area contributed by atoms with Gasteiger partial charge >= 0.3 is 5.97 Å². The van der Waals surface area contributed by atoms with Gasteiger partial charge in [0.1, 0.15) is 5.41 Å². The zero-order valence-electron chi connectivity index (χ0n) is 11.0. The number of ether oxygens (including phenoxy) is 1. The minimum Gasteiger partial charge on any atom is -0.465 e. The summed E-state index contributed by atoms with van der Waals surface area (Å²) < 4.78 is 10.4. The van der Waals surface area contributed by atoms with Crippen molar-refractivity contribution in [2.24, 2.45) is 5.41 Å². The second-order valence-electron chi connectivity index (χ2n) is 6.01. The van der Waals surface area contributed by atoms with Gasteiger partial charge in [0.15, 0.2) is 5.82 Å². The molecule has 0 spiro atoms. The number of esters is 1. The van der Waals surface area contributed by atoms with E-state index >= 15 is 0 Å². The minimum absolute atomic E-state index is 0.227. The van der Waals surface area contributed by atoms with E-state index in [2.05, 4.69) is 24.0 Å². The number of carbonyl (C=O) groups excluding carboxylic acids is 1. The van der Waals surface area contributed by atoms with E-state index < -0.39 is 5.41 Å². The Morgan fingerprint density at radius 2 is 2.17 bits per heavy atom. The molecule has 0 aliphatic heterocycles. The topological polar surface area (TPSA) is 65.2 Å². The molecule has 0 saturated heterocycles. The molecule has 1 heterocycles. The van der Waals surface area contributed by atoms with E-state index in [9.17, 15) is 4.79 Å². The molecule has 0 aromatic carbocycles. The SMILES string of the molecule is CCOC(=O)C1(c2nc(C3CC3(C)C)no2)CC1. The lowest BCUT2D eigenvalue weighted by atomic mass is 10.1. The third kappa shape index (κ3) is 1.64. The standard InChI is InChI=1S/C13H18N2O3/c1-4-17-11(16)13(5-6-13)10-14-9(15-18-10)8-7-12(8,2)3/h8H,4-7H2,1-3H3. The summed E-state index contributed by atoms with van der Waals surface area (Å²) in [6, 6.07) is 0. The van der Waals surface area contributed by atoms with Crippen LogP contribution in [0.15, 0.2) is 4.52 Å². The van der Waals surface area contributed by atoms with E-state index in [0.29, 0.717) is 18.4 Å². The summed E-state index contributed by atoms with van der Waals surface area (Å²) >= 11 is 0. The van der Waals surface area contributed by atoms with Crippen LogP contribution in [0.4, 0.5) is 0 Å². The van der Waals surface area contributed by atoms with Gasteiger partial charge in [-0.1, -0.05) is 19.0 Å². The number of hydrogen-bond donors (Lipinski definition) is 0. The lowest BCUT2D eigenvalue weighted by molar-refractivity contribution is -0.146. The van der Waals surface area contributed by atoms with E-state index in [4.69, 9.17) is 9.26 Å². The third-order valence-electron chi connectivity index (χ3n) is 4.09. The Kier molecular flexibility index (Phi) is 2.31. The van der Waals surface area contributed by atoms with Gasteiger partial charge < -0.3 is 9.26 Å². The third-order valence-corrected chi connectivity index (χ3v) is 4.09. The number of carbonyl (C=O) groups is 1. The number of rotatable bonds is 4. The van der Waals surface area contributed by atoms with Crippen LogP contribution in [0.2, 0.25) is 0 Å². The van der Waals surface area contributed by atoms with Crippen LogP contribution in [-0.4, -0.2) is 22.7 Å². The van der Waals surface area contributed by atoms with E-state index in [1.165, 1.54) is 0 Å². The summed E-state index contributed by atoms with van der Waals surface area (Å²) in [7, 11) is 0. The molecule has 1 aromatic rings. The Labute approximate surface area is 106 Å². The zero-order chi connectivity index (χ0) is 13.0. The molecule has 0 bridgehead atoms. The molecule has 1 aromatic heterocycles. The molecule has 1 unspecified atom stereocenters. The summed E-state index contributed by atoms with van der Waals surface area (Å²) in [6.45, 7) is 6.56. The number of nitrogens with zero attached hydrogens (tertiary/aromatic N) is 2. The second-order valence-corrected chi connectivity index (χ2v) is 6.01. The van der Waals surface area contributed by atoms with Gasteiger partial charge in [-0.15, -0.1) is 0 Å². The molecular formula is C13H18N2O3. The van der Waals surface area contributed by atoms with Crippen molar-refractivity contribution in [2.75, 3.05) is 6.61 Å². The highest BCUT2D eigenvalue weighted by molar-refractivity contribution is 5.85. The molecule has 2 saturated carbocycles. The van der Waals surface area contributed by atoms with Crippen LogP contribution in [0.3, 0.4) is 0 Å². The van der Waals surface area contributed by atoms with Crippen molar-refractivity contribution in [2.45, 2.75) is 51.4 Å². The fourth-order valence-electron chi connectivity index (χ4n) is 2.38. The normalized spacial score (nSPS) is 26.7. The molecular weight excluding hydrogens is 232 g/mol. The average Bonchev–Trinajstić information content (AvgIpc) is 3.18. The van der Waals surface area contributed by atoms with Crippen molar-refractivity contribution in [1.29, 1.82) is 0 Å². The summed E-state index contributed by atoms with van der Waals surface area (Å²) in [5.74, 6) is 1.33. The summed E-state index contributed by atoms with van der Waals surface area (Å²) in [6.07, 6.45) is 2.58. The lowest BCUT2D eigenvalue weighted by Crippen LogP contribution is -2.23. The second kappa shape index (κ2) is 3.56. The number of aromatic nitrogens is 2. The molecule has 2 fully saturated rings. The molecule has 1 atom stereocenters. The van der Waals surface area contributed by atoms with Crippen molar-refractivity contribution >= 4 is 5.97 Å². The van der Waals surface area contributed by atoms with Crippen LogP contribution in [0, 0.1) is 5.41 Å². The summed E-state index contributed by atoms with van der Waals surface area (Å²) in [4.78, 5) is 16.3. The van der Waals surface area contributed by atoms with Crippen LogP contribution in [0.25, 0.3) is 0 Å². The fraction of sp³-hybridized carbons (Fsp3) is 0.769. The molecule has 0 radical (unpaired) electrons. The first kappa shape index (κ1) is 11.7. The van der Waals surface area contributed by atoms with Gasteiger partial charge in [0.25, 0.3) is 0 Å². The van der Waals surface area contributed by atoms with Crippen molar-refractivity contribution in [3.05, 3.63) is 11.7 Å². The zero-order valence-corrected chi connectivity index (χ0v) is 11.0. The molecule has 2 aliphatic carbocycles. The first-order valence-electron chi connectivity index (χ1n) is 6.51. The molecule has 0 amide bonds. The van der Waals surface area contributed by atoms with Gasteiger partial charge in [0.2, 0.25) is 5.89 Å². The maximum atomic E-state index is 11.9. The van der Waals surface area contributed by atoms with Crippen LogP contribution in [-0.2, 0) is 14.9 Å². The van der Waals surface area contributed by atoms with Gasteiger partial charge in [-0.3, -0.25) is 4.79 Å². The van der Waals surface area contributed by atoms with E-state index in [0.717, 1.165) is 25.1 Å². The monoisotopic (exact) mass is 250 g/mol. The Morgan fingerprint density at radius 1 is 1.50 bits per heavy atom. The van der Waals surface area contributed by atoms with Crippen LogP contribution in [0.5, 0.6) is 0 Å². The first-order chi connectivity index (χ1) is 8.49. The lowest BCUT2D eigenvalue weighted by Gasteiger charge is -2.08. The molecule has 18 heavy (non-hydrogen) atoms. The highest BCUT2D eigenvalue weighted by atomic mass is 16.5. The highest BCUT2D eigenvalue weighted by Gasteiger charge is 2.58. The maximum absolute atomic E-state index is 11.9. The van der Waals surface area contributed by atoms with Crippen LogP contribution >= 0.6 is 0 Å². The quantitative estimate of drug-likeness (QED) is 0.766. The summed E-state index contributed by atoms with van der Waals surface area (Å²) in [5, 5.41) is 4.03. The van der Waals surface area contributed by atoms with Gasteiger partial charge in [0, 0.05) is 5.92 Å². The Bertz CT molecular complexity index is 488. The predicted octanol–water partition coefficient (Wildman–Crippen LogP) is 2.18. The van der Waals surface area contributed by atoms with Crippen molar-refractivity contribution in [1.82, 2.24) is 10.1 Å². The smallest absolute Gasteiger partial charge is 0.321 e. The van der Waals surface area contributed by atoms with Gasteiger partial charge in [-0.05, 0) is 31.6 Å². The molecule has 0 N–H and O–H groups in total. The van der Waals surface area contributed by atoms with E-state index in [1.54, 1.807) is 6.92 Å². The Balaban J connectivity index is 1.80. The van der Waals surface area contributed by atoms with Crippen LogP contribution in [0.1, 0.15) is 57.7 Å². The predicted molar refractivity (Wildman–Crippen MR) is 63.0 cm³/mol. The molecule has 3 rings (SSSR count). The number of hydrogen-bond acceptors (Lipinski definition) is 5. The molecule has 5 heteroatoms. The Morgan fingerprint density at radius 3 is 2.67 bits per heavy atom. The maximum Gasteiger partial charge on any atom is 0.321 e. The Hall–Kier alpha value is -1.39. The van der Waals surface area contributed by atoms with Crippen molar-refractivity contribution < 1.29 is 14.1 Å². The minimum atomic E-state index is -0.639. The highest BCUT2D eigenvalue weighted by Crippen LogP contribution is 2.58. The average molecular weight is 250 g/mol. The first-order valence-corrected chi connectivity index (χ1v) is 6.51. The van der Waals surface area contributed by atoms with Gasteiger partial charge in [-0.2, -0.15) is 4.98 Å². The van der Waals surface area contributed by atoms with Gasteiger partial charge in [0.05, 0.1) is 6.61 Å². The fourth-order valence-corrected chi connectivity index (χ4v) is 2.38. The molecule has 98 valence electrons. The van der Waals surface area contributed by atoms with Gasteiger partial charge in [-0.25, -0.2) is 0 Å². The van der Waals surface area contributed by atoms with Crippen LogP contribution < -0.4 is 0 Å². The molecule has 5 nitrogen and oxygen atoms in total. The van der Waals surface area contributed by atoms with E-state index in [-0.39, 0.29) is 11.4 Å². The van der Waals surface area contributed by atoms with Crippen molar-refractivity contribution in [3.63, 3.8) is 0 Å².